The van der Waals surface area contributed by atoms with Crippen LogP contribution in [0.2, 0.25) is 0 Å². The molecule has 6 nitrogen and oxygen atoms in total. The van der Waals surface area contributed by atoms with Crippen molar-refractivity contribution in [2.24, 2.45) is 0 Å². The summed E-state index contributed by atoms with van der Waals surface area (Å²) >= 11 is 1.81. The molecule has 7 heteroatoms. The average Bonchev–Trinajstić information content (AvgIpc) is 3.42. The number of aromatic nitrogens is 2. The molecule has 1 aliphatic rings. The first-order chi connectivity index (χ1) is 19.5. The minimum Gasteiger partial charge on any atom is -0.269 e. The maximum absolute atomic E-state index is 13.7. The number of nitrogens with zero attached hydrogens (tertiary/aromatic N) is 4. The second kappa shape index (κ2) is 12.0. The molecule has 5 rings (SSSR count). The number of benzene rings is 3. The molecule has 0 saturated carbocycles. The monoisotopic (exact) mass is 544 g/mol. The molecule has 0 bridgehead atoms. The summed E-state index contributed by atoms with van der Waals surface area (Å²) in [4.78, 5) is 29.2. The van der Waals surface area contributed by atoms with Gasteiger partial charge in [-0.05, 0) is 60.6 Å². The van der Waals surface area contributed by atoms with Gasteiger partial charge in [0.2, 0.25) is 0 Å². The van der Waals surface area contributed by atoms with E-state index < -0.39 is 11.8 Å². The summed E-state index contributed by atoms with van der Waals surface area (Å²) in [6.45, 7) is 3.90. The second-order valence-electron chi connectivity index (χ2n) is 9.44. The van der Waals surface area contributed by atoms with E-state index in [4.69, 9.17) is 5.10 Å². The van der Waals surface area contributed by atoms with Gasteiger partial charge in [-0.2, -0.15) is 10.4 Å². The van der Waals surface area contributed by atoms with Crippen molar-refractivity contribution in [1.29, 1.82) is 5.26 Å². The lowest BCUT2D eigenvalue weighted by atomic mass is 9.93. The average molecular weight is 545 g/mol. The maximum atomic E-state index is 13.7. The van der Waals surface area contributed by atoms with Gasteiger partial charge < -0.3 is 0 Å². The normalized spacial score (nSPS) is 14.6. The van der Waals surface area contributed by atoms with Gasteiger partial charge in [0.25, 0.3) is 11.8 Å². The molecule has 0 saturated heterocycles. The summed E-state index contributed by atoms with van der Waals surface area (Å²) in [5.74, 6) is 0.0356. The van der Waals surface area contributed by atoms with Crippen LogP contribution < -0.4 is 0 Å². The first kappa shape index (κ1) is 26.9. The highest BCUT2D eigenvalue weighted by Gasteiger charge is 2.35. The highest BCUT2D eigenvalue weighted by Crippen LogP contribution is 2.32. The number of amides is 2. The van der Waals surface area contributed by atoms with Crippen molar-refractivity contribution in [3.8, 4) is 23.0 Å². The number of para-hydroxylation sites is 1. The van der Waals surface area contributed by atoms with Gasteiger partial charge in [0.1, 0.15) is 11.6 Å². The van der Waals surface area contributed by atoms with Crippen molar-refractivity contribution in [2.45, 2.75) is 31.7 Å². The molecule has 0 fully saturated rings. The lowest BCUT2D eigenvalue weighted by molar-refractivity contribution is -0.141. The van der Waals surface area contributed by atoms with Gasteiger partial charge in [-0.1, -0.05) is 67.6 Å². The highest BCUT2D eigenvalue weighted by atomic mass is 32.2. The topological polar surface area (TPSA) is 79.0 Å². The van der Waals surface area contributed by atoms with Crippen LogP contribution in [0.5, 0.6) is 0 Å². The molecule has 2 heterocycles. The van der Waals surface area contributed by atoms with Crippen LogP contribution in [0.3, 0.4) is 0 Å². The van der Waals surface area contributed by atoms with E-state index in [0.717, 1.165) is 33.9 Å². The zero-order valence-electron chi connectivity index (χ0n) is 22.4. The molecule has 0 atom stereocenters. The van der Waals surface area contributed by atoms with Crippen LogP contribution in [0.25, 0.3) is 23.0 Å². The Bertz CT molecular complexity index is 1650. The van der Waals surface area contributed by atoms with Crippen LogP contribution in [0.1, 0.15) is 31.4 Å². The van der Waals surface area contributed by atoms with E-state index in [1.54, 1.807) is 17.7 Å². The lowest BCUT2D eigenvalue weighted by Gasteiger charge is -2.27. The molecule has 198 valence electrons. The van der Waals surface area contributed by atoms with Crippen LogP contribution in [0, 0.1) is 11.3 Å². The highest BCUT2D eigenvalue weighted by molar-refractivity contribution is 7.99. The quantitative estimate of drug-likeness (QED) is 0.138. The Balaban J connectivity index is 1.61. The fourth-order valence-corrected chi connectivity index (χ4v) is 5.32. The van der Waals surface area contributed by atoms with Gasteiger partial charge in [-0.3, -0.25) is 14.5 Å². The second-order valence-corrected chi connectivity index (χ2v) is 10.6. The summed E-state index contributed by atoms with van der Waals surface area (Å²) in [5.41, 5.74) is 4.65. The van der Waals surface area contributed by atoms with E-state index in [2.05, 4.69) is 19.1 Å². The van der Waals surface area contributed by atoms with Gasteiger partial charge in [-0.25, -0.2) is 4.68 Å². The van der Waals surface area contributed by atoms with E-state index >= 15 is 0 Å². The third kappa shape index (κ3) is 5.54. The van der Waals surface area contributed by atoms with Gasteiger partial charge in [0.15, 0.2) is 0 Å². The van der Waals surface area contributed by atoms with Crippen LogP contribution in [0.15, 0.2) is 113 Å². The summed E-state index contributed by atoms with van der Waals surface area (Å²) in [6, 6.07) is 29.3. The number of carbonyl (C=O) groups excluding carboxylic acids is 2. The molecule has 0 aliphatic carbocycles. The standard InChI is InChI=1S/C33H28N4O2S/c1-3-18-40-28-16-14-25(15-17-28)31-26(22-37(35-31)27-12-8-5-9-13-27)19-29-23(2)30(20-34)33(39)36(32(29)38)21-24-10-6-4-7-11-24/h4-17,19,22H,3,18,21H2,1-2H3/b29-19+. The zero-order valence-corrected chi connectivity index (χ0v) is 23.2. The molecule has 0 N–H and O–H groups in total. The third-order valence-electron chi connectivity index (χ3n) is 6.67. The Kier molecular flexibility index (Phi) is 8.09. The lowest BCUT2D eigenvalue weighted by Crippen LogP contribution is -2.42. The Morgan fingerprint density at radius 1 is 0.925 bits per heavy atom. The Morgan fingerprint density at radius 3 is 2.25 bits per heavy atom. The number of thioether (sulfide) groups is 1. The molecular weight excluding hydrogens is 516 g/mol. The number of carbonyl (C=O) groups is 2. The van der Waals surface area contributed by atoms with E-state index in [0.29, 0.717) is 22.4 Å². The van der Waals surface area contributed by atoms with Gasteiger partial charge >= 0.3 is 0 Å². The van der Waals surface area contributed by atoms with E-state index in [1.165, 1.54) is 4.90 Å². The van der Waals surface area contributed by atoms with Crippen LogP contribution >= 0.6 is 11.8 Å². The van der Waals surface area contributed by atoms with Crippen LogP contribution in [-0.2, 0) is 16.1 Å². The minimum absolute atomic E-state index is 0.0314. The predicted octanol–water partition coefficient (Wildman–Crippen LogP) is 6.83. The molecule has 2 amide bonds. The smallest absolute Gasteiger partial charge is 0.269 e. The Labute approximate surface area is 238 Å². The Morgan fingerprint density at radius 2 is 1.60 bits per heavy atom. The molecular formula is C33H28N4O2S. The molecule has 4 aromatic rings. The van der Waals surface area contributed by atoms with Crippen LogP contribution in [-0.4, -0.2) is 32.2 Å². The van der Waals surface area contributed by atoms with Gasteiger partial charge in [0, 0.05) is 27.8 Å². The number of nitriles is 1. The predicted molar refractivity (Wildman–Crippen MR) is 158 cm³/mol. The summed E-state index contributed by atoms with van der Waals surface area (Å²) in [7, 11) is 0. The summed E-state index contributed by atoms with van der Waals surface area (Å²) in [5, 5.41) is 14.7. The molecule has 3 aromatic carbocycles. The molecule has 40 heavy (non-hydrogen) atoms. The first-order valence-corrected chi connectivity index (χ1v) is 14.1. The molecule has 0 radical (unpaired) electrons. The number of hydrogen-bond acceptors (Lipinski definition) is 5. The molecule has 1 aromatic heterocycles. The summed E-state index contributed by atoms with van der Waals surface area (Å²) in [6.07, 6.45) is 4.73. The SMILES string of the molecule is CCCSc1ccc(-c2nn(-c3ccccc3)cc2/C=C2/C(=O)N(Cc3ccccc3)C(=O)C(C#N)=C2C)cc1. The Hall–Kier alpha value is -4.67. The van der Waals surface area contributed by atoms with E-state index in [-0.39, 0.29) is 12.1 Å². The summed E-state index contributed by atoms with van der Waals surface area (Å²) < 4.78 is 1.78. The van der Waals surface area contributed by atoms with Crippen molar-refractivity contribution in [3.63, 3.8) is 0 Å². The van der Waals surface area contributed by atoms with Crippen LogP contribution in [0.4, 0.5) is 0 Å². The van der Waals surface area contributed by atoms with Crippen molar-refractivity contribution in [3.05, 3.63) is 119 Å². The van der Waals surface area contributed by atoms with E-state index in [9.17, 15) is 14.9 Å². The van der Waals surface area contributed by atoms with Crippen molar-refractivity contribution >= 4 is 29.7 Å². The fourth-order valence-electron chi connectivity index (χ4n) is 4.55. The third-order valence-corrected chi connectivity index (χ3v) is 7.89. The number of rotatable bonds is 8. The first-order valence-electron chi connectivity index (χ1n) is 13.1. The fraction of sp³-hybridized carbons (Fsp3) is 0.152. The van der Waals surface area contributed by atoms with Crippen molar-refractivity contribution in [1.82, 2.24) is 14.7 Å². The molecule has 1 aliphatic heterocycles. The van der Waals surface area contributed by atoms with Crippen molar-refractivity contribution in [2.75, 3.05) is 5.75 Å². The molecule has 0 spiro atoms. The van der Waals surface area contributed by atoms with Gasteiger partial charge in [-0.15, -0.1) is 11.8 Å². The van der Waals surface area contributed by atoms with Crippen molar-refractivity contribution < 1.29 is 9.59 Å². The number of imide groups is 1. The minimum atomic E-state index is -0.577. The van der Waals surface area contributed by atoms with Gasteiger partial charge in [0.05, 0.1) is 17.9 Å². The maximum Gasteiger partial charge on any atom is 0.271 e. The van der Waals surface area contributed by atoms with E-state index in [1.807, 2.05) is 96.8 Å². The largest absolute Gasteiger partial charge is 0.271 e. The number of hydrogen-bond donors (Lipinski definition) is 0. The zero-order chi connectivity index (χ0) is 28.1. The molecule has 0 unspecified atom stereocenters.